The van der Waals surface area contributed by atoms with E-state index in [4.69, 9.17) is 0 Å². The van der Waals surface area contributed by atoms with Crippen molar-refractivity contribution in [3.05, 3.63) is 86.2 Å². The number of sulfone groups is 1. The summed E-state index contributed by atoms with van der Waals surface area (Å²) in [4.78, 5) is 39.2. The molecule has 3 aromatic rings. The number of hydrogen-bond acceptors (Lipinski definition) is 6. The van der Waals surface area contributed by atoms with Crippen LogP contribution in [0.25, 0.3) is 5.69 Å². The molecule has 10 heteroatoms. The molecule has 3 rings (SSSR count). The second kappa shape index (κ2) is 9.53. The first kappa shape index (κ1) is 24.1. The molecule has 0 saturated heterocycles. The summed E-state index contributed by atoms with van der Waals surface area (Å²) in [5.74, 6) is -0.687. The van der Waals surface area contributed by atoms with Crippen LogP contribution in [0.1, 0.15) is 41.9 Å². The minimum atomic E-state index is -3.44. The van der Waals surface area contributed by atoms with Crippen molar-refractivity contribution in [2.45, 2.75) is 44.7 Å². The molecule has 0 aliphatic carbocycles. The van der Waals surface area contributed by atoms with Crippen LogP contribution in [-0.4, -0.2) is 41.0 Å². The van der Waals surface area contributed by atoms with E-state index in [1.54, 1.807) is 19.1 Å². The first-order valence-corrected chi connectivity index (χ1v) is 12.3. The second-order valence-corrected chi connectivity index (χ2v) is 9.98. The predicted octanol–water partition coefficient (Wildman–Crippen LogP) is 1.68. The third-order valence-electron chi connectivity index (χ3n) is 5.24. The van der Waals surface area contributed by atoms with Crippen LogP contribution in [-0.2, 0) is 16.4 Å². The lowest BCUT2D eigenvalue weighted by Gasteiger charge is -2.14. The fourth-order valence-electron chi connectivity index (χ4n) is 3.07. The average Bonchev–Trinajstić information content (AvgIpc) is 2.77. The van der Waals surface area contributed by atoms with Crippen molar-refractivity contribution < 1.29 is 13.2 Å². The zero-order valence-electron chi connectivity index (χ0n) is 18.9. The van der Waals surface area contributed by atoms with Crippen LogP contribution in [0.15, 0.2) is 63.0 Å². The van der Waals surface area contributed by atoms with Gasteiger partial charge in [-0.05, 0) is 50.1 Å². The van der Waals surface area contributed by atoms with Crippen molar-refractivity contribution in [2.24, 2.45) is 0 Å². The van der Waals surface area contributed by atoms with Gasteiger partial charge in [0.1, 0.15) is 0 Å². The quantitative estimate of drug-likeness (QED) is 0.561. The summed E-state index contributed by atoms with van der Waals surface area (Å²) >= 11 is 0. The van der Waals surface area contributed by atoms with E-state index in [1.165, 1.54) is 24.3 Å². The maximum absolute atomic E-state index is 13.2. The number of nitrogens with zero attached hydrogens (tertiary/aromatic N) is 3. The minimum absolute atomic E-state index is 0.0501. The van der Waals surface area contributed by atoms with Gasteiger partial charge in [0.25, 0.3) is 11.5 Å². The van der Waals surface area contributed by atoms with Crippen molar-refractivity contribution in [1.29, 1.82) is 0 Å². The number of carbonyl (C=O) groups is 1. The summed E-state index contributed by atoms with van der Waals surface area (Å²) in [6.45, 7) is 5.55. The van der Waals surface area contributed by atoms with Gasteiger partial charge in [0.2, 0.25) is 5.69 Å². The molecule has 1 aromatic heterocycles. The van der Waals surface area contributed by atoms with Crippen LogP contribution >= 0.6 is 0 Å². The van der Waals surface area contributed by atoms with Gasteiger partial charge in [-0.1, -0.05) is 36.8 Å². The summed E-state index contributed by atoms with van der Waals surface area (Å²) in [6, 6.07) is 12.6. The van der Waals surface area contributed by atoms with Gasteiger partial charge in [0.05, 0.1) is 17.1 Å². The van der Waals surface area contributed by atoms with Gasteiger partial charge in [0.15, 0.2) is 9.84 Å². The smallest absolute Gasteiger partial charge is 0.348 e. The number of nitrogens with one attached hydrogen (secondary N) is 1. The number of aryl methyl sites for hydroxylation is 1. The van der Waals surface area contributed by atoms with Crippen LogP contribution in [0.4, 0.5) is 0 Å². The van der Waals surface area contributed by atoms with Crippen LogP contribution < -0.4 is 16.6 Å². The molecule has 2 aromatic carbocycles. The first-order valence-electron chi connectivity index (χ1n) is 10.4. The highest BCUT2D eigenvalue weighted by molar-refractivity contribution is 7.90. The van der Waals surface area contributed by atoms with E-state index in [0.717, 1.165) is 21.1 Å². The molecule has 0 saturated carbocycles. The van der Waals surface area contributed by atoms with E-state index < -0.39 is 32.7 Å². The third-order valence-corrected chi connectivity index (χ3v) is 6.36. The Kier molecular flexibility index (Phi) is 6.97. The predicted molar refractivity (Wildman–Crippen MR) is 125 cm³/mol. The van der Waals surface area contributed by atoms with E-state index >= 15 is 0 Å². The maximum atomic E-state index is 13.2. The summed E-state index contributed by atoms with van der Waals surface area (Å²) < 4.78 is 25.4. The minimum Gasteiger partial charge on any atom is -0.348 e. The zero-order chi connectivity index (χ0) is 24.3. The van der Waals surface area contributed by atoms with Crippen LogP contribution in [0.2, 0.25) is 0 Å². The van der Waals surface area contributed by atoms with Gasteiger partial charge in [-0.15, -0.1) is 0 Å². The van der Waals surface area contributed by atoms with E-state index in [9.17, 15) is 22.8 Å². The molecule has 1 heterocycles. The van der Waals surface area contributed by atoms with Crippen LogP contribution in [0.3, 0.4) is 0 Å². The SMILES string of the molecule is CC[C@H](C)NC(=O)c1nn(-c2ccc(S(C)(=O)=O)cc2)c(=O)n(Cc2ccc(C)cc2)c1=O. The Balaban J connectivity index is 2.18. The number of rotatable bonds is 7. The Bertz CT molecular complexity index is 1390. The summed E-state index contributed by atoms with van der Waals surface area (Å²) in [5, 5.41) is 6.75. The van der Waals surface area contributed by atoms with Crippen molar-refractivity contribution in [2.75, 3.05) is 6.26 Å². The highest BCUT2D eigenvalue weighted by Gasteiger charge is 2.21. The third kappa shape index (κ3) is 5.46. The van der Waals surface area contributed by atoms with Crippen LogP contribution in [0.5, 0.6) is 0 Å². The molecule has 0 spiro atoms. The van der Waals surface area contributed by atoms with Gasteiger partial charge < -0.3 is 5.32 Å². The summed E-state index contributed by atoms with van der Waals surface area (Å²) in [6.07, 6.45) is 1.72. The Morgan fingerprint density at radius 2 is 1.67 bits per heavy atom. The molecule has 0 fully saturated rings. The number of carbonyl (C=O) groups excluding carboxylic acids is 1. The summed E-state index contributed by atoms with van der Waals surface area (Å²) in [5.41, 5.74) is -0.00826. The molecule has 1 amide bonds. The summed E-state index contributed by atoms with van der Waals surface area (Å²) in [7, 11) is -3.44. The molecule has 0 radical (unpaired) electrons. The van der Waals surface area contributed by atoms with Crippen molar-refractivity contribution >= 4 is 15.7 Å². The lowest BCUT2D eigenvalue weighted by molar-refractivity contribution is 0.0929. The van der Waals surface area contributed by atoms with Crippen molar-refractivity contribution in [3.63, 3.8) is 0 Å². The Morgan fingerprint density at radius 1 is 1.06 bits per heavy atom. The average molecular weight is 471 g/mol. The topological polar surface area (TPSA) is 120 Å². The van der Waals surface area contributed by atoms with E-state index in [1.807, 2.05) is 26.0 Å². The van der Waals surface area contributed by atoms with E-state index in [-0.39, 0.29) is 23.2 Å². The monoisotopic (exact) mass is 470 g/mol. The number of amides is 1. The molecule has 0 aliphatic rings. The van der Waals surface area contributed by atoms with Gasteiger partial charge in [-0.3, -0.25) is 14.2 Å². The lowest BCUT2D eigenvalue weighted by Crippen LogP contribution is -2.47. The normalized spacial score (nSPS) is 12.4. The van der Waals surface area contributed by atoms with Crippen molar-refractivity contribution in [1.82, 2.24) is 19.7 Å². The van der Waals surface area contributed by atoms with E-state index in [2.05, 4.69) is 10.4 Å². The fourth-order valence-corrected chi connectivity index (χ4v) is 3.70. The molecule has 174 valence electrons. The largest absolute Gasteiger partial charge is 0.352 e. The number of hydrogen-bond donors (Lipinski definition) is 1. The van der Waals surface area contributed by atoms with Crippen molar-refractivity contribution in [3.8, 4) is 5.69 Å². The second-order valence-electron chi connectivity index (χ2n) is 7.97. The molecular formula is C23H26N4O5S. The van der Waals surface area contributed by atoms with Gasteiger partial charge >= 0.3 is 5.69 Å². The maximum Gasteiger partial charge on any atom is 0.352 e. The standard InChI is InChI=1S/C23H26N4O5S/c1-5-16(3)24-21(28)20-22(29)26(14-17-8-6-15(2)7-9-17)23(30)27(25-20)18-10-12-19(13-11-18)33(4,31)32/h6-13,16H,5,14H2,1-4H3,(H,24,28)/t16-/m0/s1. The van der Waals surface area contributed by atoms with Gasteiger partial charge in [-0.25, -0.2) is 13.2 Å². The number of benzene rings is 2. The molecule has 1 N–H and O–H groups in total. The highest BCUT2D eigenvalue weighted by atomic mass is 32.2. The number of aromatic nitrogens is 3. The Labute approximate surface area is 191 Å². The first-order chi connectivity index (χ1) is 15.5. The zero-order valence-corrected chi connectivity index (χ0v) is 19.7. The highest BCUT2D eigenvalue weighted by Crippen LogP contribution is 2.12. The molecule has 33 heavy (non-hydrogen) atoms. The molecule has 9 nitrogen and oxygen atoms in total. The lowest BCUT2D eigenvalue weighted by atomic mass is 10.1. The van der Waals surface area contributed by atoms with E-state index in [0.29, 0.717) is 12.0 Å². The molecule has 1 atom stereocenters. The Morgan fingerprint density at radius 3 is 2.21 bits per heavy atom. The van der Waals surface area contributed by atoms with Gasteiger partial charge in [0, 0.05) is 12.3 Å². The molecule has 0 aliphatic heterocycles. The Hall–Kier alpha value is -3.53. The molecule has 0 bridgehead atoms. The fraction of sp³-hybridized carbons (Fsp3) is 0.304. The van der Waals surface area contributed by atoms with Crippen LogP contribution in [0, 0.1) is 6.92 Å². The van der Waals surface area contributed by atoms with Gasteiger partial charge in [-0.2, -0.15) is 9.78 Å². The molecule has 0 unspecified atom stereocenters. The molecular weight excluding hydrogens is 444 g/mol.